The molecular formula is C22H21FN2O3S. The van der Waals surface area contributed by atoms with Crippen molar-refractivity contribution in [3.05, 3.63) is 95.3 Å². The molecule has 1 atom stereocenters. The highest BCUT2D eigenvalue weighted by Gasteiger charge is 2.18. The summed E-state index contributed by atoms with van der Waals surface area (Å²) in [5.41, 5.74) is 2.22. The third-order valence-corrected chi connectivity index (χ3v) is 5.88. The van der Waals surface area contributed by atoms with Crippen LogP contribution in [0.4, 0.5) is 10.1 Å². The topological polar surface area (TPSA) is 75.3 Å². The minimum absolute atomic E-state index is 0.0113. The Morgan fingerprint density at radius 2 is 1.66 bits per heavy atom. The third-order valence-electron chi connectivity index (χ3n) is 4.51. The molecular weight excluding hydrogens is 391 g/mol. The maximum Gasteiger partial charge on any atom is 0.261 e. The molecule has 0 bridgehead atoms. The molecule has 5 nitrogen and oxygen atoms in total. The van der Waals surface area contributed by atoms with Gasteiger partial charge in [-0.3, -0.25) is 9.52 Å². The molecule has 0 fully saturated rings. The van der Waals surface area contributed by atoms with Gasteiger partial charge in [0.05, 0.1) is 16.6 Å². The molecule has 0 saturated heterocycles. The van der Waals surface area contributed by atoms with Crippen LogP contribution in [0.25, 0.3) is 0 Å². The molecule has 0 aliphatic heterocycles. The molecule has 29 heavy (non-hydrogen) atoms. The second kappa shape index (κ2) is 8.45. The molecule has 3 aromatic carbocycles. The summed E-state index contributed by atoms with van der Waals surface area (Å²) >= 11 is 0. The number of benzene rings is 3. The molecule has 0 spiro atoms. The molecule has 1 amide bonds. The van der Waals surface area contributed by atoms with E-state index < -0.39 is 15.9 Å². The van der Waals surface area contributed by atoms with Crippen LogP contribution in [-0.4, -0.2) is 14.3 Å². The molecule has 150 valence electrons. The number of hydrogen-bond acceptors (Lipinski definition) is 3. The van der Waals surface area contributed by atoms with Crippen LogP contribution in [0.3, 0.4) is 0 Å². The van der Waals surface area contributed by atoms with Gasteiger partial charge in [-0.05, 0) is 61.4 Å². The monoisotopic (exact) mass is 412 g/mol. The summed E-state index contributed by atoms with van der Waals surface area (Å²) < 4.78 is 41.1. The molecule has 0 unspecified atom stereocenters. The first-order valence-electron chi connectivity index (χ1n) is 9.01. The predicted octanol–water partition coefficient (Wildman–Crippen LogP) is 4.43. The minimum atomic E-state index is -3.85. The molecule has 7 heteroatoms. The van der Waals surface area contributed by atoms with Crippen molar-refractivity contribution in [2.24, 2.45) is 0 Å². The Bertz CT molecular complexity index is 1130. The van der Waals surface area contributed by atoms with Crippen molar-refractivity contribution in [1.29, 1.82) is 0 Å². The molecule has 0 saturated carbocycles. The van der Waals surface area contributed by atoms with Crippen LogP contribution in [0.15, 0.2) is 77.7 Å². The fourth-order valence-corrected chi connectivity index (χ4v) is 3.99. The summed E-state index contributed by atoms with van der Waals surface area (Å²) in [4.78, 5) is 12.6. The van der Waals surface area contributed by atoms with Crippen LogP contribution in [0.5, 0.6) is 0 Å². The summed E-state index contributed by atoms with van der Waals surface area (Å²) in [5, 5.41) is 2.79. The van der Waals surface area contributed by atoms with E-state index in [4.69, 9.17) is 0 Å². The minimum Gasteiger partial charge on any atom is -0.346 e. The zero-order valence-electron chi connectivity index (χ0n) is 16.0. The molecule has 0 aromatic heterocycles. The Labute approximate surface area is 169 Å². The molecule has 0 aliphatic rings. The van der Waals surface area contributed by atoms with Gasteiger partial charge in [0.25, 0.3) is 15.9 Å². The number of halogens is 1. The lowest BCUT2D eigenvalue weighted by atomic mass is 10.1. The molecule has 0 radical (unpaired) electrons. The summed E-state index contributed by atoms with van der Waals surface area (Å²) in [6, 6.07) is 18.3. The van der Waals surface area contributed by atoms with E-state index in [1.54, 1.807) is 50.2 Å². The quantitative estimate of drug-likeness (QED) is 0.629. The molecule has 2 N–H and O–H groups in total. The third kappa shape index (κ3) is 5.00. The van der Waals surface area contributed by atoms with Crippen molar-refractivity contribution in [3.8, 4) is 0 Å². The fraction of sp³-hybridized carbons (Fsp3) is 0.136. The van der Waals surface area contributed by atoms with Crippen LogP contribution in [0.2, 0.25) is 0 Å². The van der Waals surface area contributed by atoms with Crippen LogP contribution in [-0.2, 0) is 10.0 Å². The van der Waals surface area contributed by atoms with E-state index in [2.05, 4.69) is 10.0 Å². The maximum absolute atomic E-state index is 13.1. The lowest BCUT2D eigenvalue weighted by Crippen LogP contribution is -2.27. The van der Waals surface area contributed by atoms with Gasteiger partial charge >= 0.3 is 0 Å². The Morgan fingerprint density at radius 1 is 0.966 bits per heavy atom. The van der Waals surface area contributed by atoms with E-state index in [0.29, 0.717) is 5.69 Å². The van der Waals surface area contributed by atoms with Crippen molar-refractivity contribution in [2.45, 2.75) is 24.8 Å². The number of rotatable bonds is 6. The number of amides is 1. The second-order valence-electron chi connectivity index (χ2n) is 6.69. The van der Waals surface area contributed by atoms with Crippen molar-refractivity contribution in [2.75, 3.05) is 4.72 Å². The number of para-hydroxylation sites is 1. The Hall–Kier alpha value is -3.19. The highest BCUT2D eigenvalue weighted by Crippen LogP contribution is 2.20. The van der Waals surface area contributed by atoms with E-state index in [1.807, 2.05) is 6.07 Å². The Morgan fingerprint density at radius 3 is 2.34 bits per heavy atom. The van der Waals surface area contributed by atoms with Gasteiger partial charge in [0.15, 0.2) is 0 Å². The second-order valence-corrected chi connectivity index (χ2v) is 8.38. The van der Waals surface area contributed by atoms with Gasteiger partial charge in [-0.2, -0.15) is 0 Å². The Balaban J connectivity index is 1.78. The van der Waals surface area contributed by atoms with Gasteiger partial charge in [0, 0.05) is 5.56 Å². The number of nitrogens with one attached hydrogen (secondary N) is 2. The number of carbonyl (C=O) groups is 1. The molecule has 0 aliphatic carbocycles. The number of sulfonamides is 1. The average Bonchev–Trinajstić information content (AvgIpc) is 2.70. The summed E-state index contributed by atoms with van der Waals surface area (Å²) in [6.07, 6.45) is 0. The van der Waals surface area contributed by atoms with E-state index >= 15 is 0 Å². The standard InChI is InChI=1S/C22H21FN2O3S/c1-15-6-3-4-9-21(15)25-29(27,28)20-8-5-7-18(14-20)22(26)24-16(2)17-10-12-19(23)13-11-17/h3-14,16,25H,1-2H3,(H,24,26)/t16-/m1/s1. The number of aryl methyl sites for hydroxylation is 1. The van der Waals surface area contributed by atoms with E-state index in [9.17, 15) is 17.6 Å². The highest BCUT2D eigenvalue weighted by atomic mass is 32.2. The van der Waals surface area contributed by atoms with E-state index in [-0.39, 0.29) is 22.3 Å². The van der Waals surface area contributed by atoms with E-state index in [0.717, 1.165) is 11.1 Å². The number of anilines is 1. The lowest BCUT2D eigenvalue weighted by molar-refractivity contribution is 0.0939. The van der Waals surface area contributed by atoms with E-state index in [1.165, 1.54) is 30.3 Å². The highest BCUT2D eigenvalue weighted by molar-refractivity contribution is 7.92. The zero-order chi connectivity index (χ0) is 21.0. The summed E-state index contributed by atoms with van der Waals surface area (Å²) in [5.74, 6) is -0.777. The number of carbonyl (C=O) groups excluding carboxylic acids is 1. The summed E-state index contributed by atoms with van der Waals surface area (Å²) in [7, 11) is -3.85. The van der Waals surface area contributed by atoms with Gasteiger partial charge in [-0.1, -0.05) is 36.4 Å². The molecule has 3 rings (SSSR count). The number of hydrogen-bond donors (Lipinski definition) is 2. The largest absolute Gasteiger partial charge is 0.346 e. The average molecular weight is 412 g/mol. The normalized spacial score (nSPS) is 12.2. The van der Waals surface area contributed by atoms with Gasteiger partial charge in [0.2, 0.25) is 0 Å². The maximum atomic E-state index is 13.1. The van der Waals surface area contributed by atoms with Crippen LogP contribution in [0, 0.1) is 12.7 Å². The Kier molecular flexibility index (Phi) is 5.98. The predicted molar refractivity (Wildman–Crippen MR) is 111 cm³/mol. The molecule has 0 heterocycles. The SMILES string of the molecule is Cc1ccccc1NS(=O)(=O)c1cccc(C(=O)N[C@H](C)c2ccc(F)cc2)c1. The first-order chi connectivity index (χ1) is 13.8. The van der Waals surface area contributed by atoms with Gasteiger partial charge in [-0.25, -0.2) is 12.8 Å². The zero-order valence-corrected chi connectivity index (χ0v) is 16.8. The smallest absolute Gasteiger partial charge is 0.261 e. The van der Waals surface area contributed by atoms with Gasteiger partial charge < -0.3 is 5.32 Å². The van der Waals surface area contributed by atoms with Crippen molar-refractivity contribution in [3.63, 3.8) is 0 Å². The van der Waals surface area contributed by atoms with Crippen LogP contribution >= 0.6 is 0 Å². The van der Waals surface area contributed by atoms with Crippen LogP contribution < -0.4 is 10.0 Å². The molecule has 3 aromatic rings. The van der Waals surface area contributed by atoms with Crippen molar-refractivity contribution < 1.29 is 17.6 Å². The summed E-state index contributed by atoms with van der Waals surface area (Å²) in [6.45, 7) is 3.57. The lowest BCUT2D eigenvalue weighted by Gasteiger charge is -2.15. The first kappa shape index (κ1) is 20.5. The van der Waals surface area contributed by atoms with Crippen molar-refractivity contribution in [1.82, 2.24) is 5.32 Å². The first-order valence-corrected chi connectivity index (χ1v) is 10.5. The van der Waals surface area contributed by atoms with Crippen molar-refractivity contribution >= 4 is 21.6 Å². The van der Waals surface area contributed by atoms with Gasteiger partial charge in [-0.15, -0.1) is 0 Å². The van der Waals surface area contributed by atoms with Gasteiger partial charge in [0.1, 0.15) is 5.82 Å². The fourth-order valence-electron chi connectivity index (χ4n) is 2.81. The van der Waals surface area contributed by atoms with Crippen LogP contribution in [0.1, 0.15) is 34.5 Å².